The van der Waals surface area contributed by atoms with Crippen LogP contribution >= 0.6 is 11.3 Å². The number of hydrogen-bond donors (Lipinski definition) is 2. The number of thiophene rings is 1. The first kappa shape index (κ1) is 19.5. The maximum Gasteiger partial charge on any atom is 0.410 e. The number of hydrogen-bond acceptors (Lipinski definition) is 6. The van der Waals surface area contributed by atoms with Gasteiger partial charge in [-0.25, -0.2) is 4.79 Å². The van der Waals surface area contributed by atoms with Crippen molar-refractivity contribution in [1.29, 1.82) is 5.26 Å². The van der Waals surface area contributed by atoms with Crippen LogP contribution in [0.1, 0.15) is 28.5 Å². The Bertz CT molecular complexity index is 974. The van der Waals surface area contributed by atoms with Crippen molar-refractivity contribution >= 4 is 34.4 Å². The molecule has 0 saturated heterocycles. The number of carbonyl (C=O) groups is 2. The summed E-state index contributed by atoms with van der Waals surface area (Å²) in [5.41, 5.74) is 1.83. The Morgan fingerprint density at radius 3 is 2.93 bits per heavy atom. The standard InChI is InChI=1S/C20H19N3O4S/c1-2-27-20(26)23-10-9-14-15(11-21)19(28-17(14)12-23)22-18(25)8-7-13-5-3-4-6-16(13)24/h3-8,24H,2,9-10,12H2,1H3,(H,22,25)/b8-7+. The molecule has 2 aromatic rings. The number of nitrogens with zero attached hydrogens (tertiary/aromatic N) is 2. The Balaban J connectivity index is 1.75. The van der Waals surface area contributed by atoms with Crippen LogP contribution in [0.5, 0.6) is 5.75 Å². The maximum absolute atomic E-state index is 12.3. The van der Waals surface area contributed by atoms with Gasteiger partial charge in [-0.3, -0.25) is 4.79 Å². The average molecular weight is 397 g/mol. The predicted molar refractivity (Wildman–Crippen MR) is 106 cm³/mol. The van der Waals surface area contributed by atoms with Crippen LogP contribution in [0.4, 0.5) is 9.80 Å². The second kappa shape index (κ2) is 8.59. The van der Waals surface area contributed by atoms with Crippen LogP contribution < -0.4 is 5.32 Å². The lowest BCUT2D eigenvalue weighted by Gasteiger charge is -2.25. The van der Waals surface area contributed by atoms with Gasteiger partial charge in [-0.05, 0) is 31.1 Å². The van der Waals surface area contributed by atoms with Crippen molar-refractivity contribution in [3.63, 3.8) is 0 Å². The number of anilines is 1. The van der Waals surface area contributed by atoms with Crippen LogP contribution in [0.15, 0.2) is 30.3 Å². The number of phenolic OH excluding ortho intramolecular Hbond substituents is 1. The molecule has 28 heavy (non-hydrogen) atoms. The molecule has 0 atom stereocenters. The number of phenols is 1. The van der Waals surface area contributed by atoms with Gasteiger partial charge in [0.25, 0.3) is 0 Å². The maximum atomic E-state index is 12.3. The number of para-hydroxylation sites is 1. The summed E-state index contributed by atoms with van der Waals surface area (Å²) in [6, 6.07) is 8.84. The van der Waals surface area contributed by atoms with Crippen molar-refractivity contribution in [2.24, 2.45) is 0 Å². The molecule has 0 bridgehead atoms. The molecule has 2 heterocycles. The van der Waals surface area contributed by atoms with E-state index in [2.05, 4.69) is 11.4 Å². The lowest BCUT2D eigenvalue weighted by atomic mass is 10.0. The molecule has 0 aliphatic carbocycles. The fraction of sp³-hybridized carbons (Fsp3) is 0.250. The number of fused-ring (bicyclic) bond motifs is 1. The molecule has 0 saturated carbocycles. The van der Waals surface area contributed by atoms with E-state index in [9.17, 15) is 20.0 Å². The van der Waals surface area contributed by atoms with Gasteiger partial charge >= 0.3 is 6.09 Å². The molecule has 7 nitrogen and oxygen atoms in total. The van der Waals surface area contributed by atoms with Gasteiger partial charge in [0.15, 0.2) is 0 Å². The average Bonchev–Trinajstić information content (AvgIpc) is 3.03. The lowest BCUT2D eigenvalue weighted by molar-refractivity contribution is -0.111. The van der Waals surface area contributed by atoms with Crippen molar-refractivity contribution in [3.8, 4) is 11.8 Å². The second-order valence-corrected chi connectivity index (χ2v) is 7.18. The monoisotopic (exact) mass is 397 g/mol. The summed E-state index contributed by atoms with van der Waals surface area (Å²) in [5.74, 6) is -0.324. The third kappa shape index (κ3) is 4.15. The van der Waals surface area contributed by atoms with Crippen molar-refractivity contribution in [3.05, 3.63) is 51.9 Å². The summed E-state index contributed by atoms with van der Waals surface area (Å²) in [4.78, 5) is 26.7. The molecule has 3 rings (SSSR count). The number of rotatable bonds is 4. The summed E-state index contributed by atoms with van der Waals surface area (Å²) in [5, 5.41) is 22.5. The summed E-state index contributed by atoms with van der Waals surface area (Å²) in [7, 11) is 0. The normalized spacial score (nSPS) is 13.1. The fourth-order valence-corrected chi connectivity index (χ4v) is 4.14. The predicted octanol–water partition coefficient (Wildman–Crippen LogP) is 3.49. The highest BCUT2D eigenvalue weighted by Gasteiger charge is 2.27. The number of aromatic hydroxyl groups is 1. The molecule has 8 heteroatoms. The van der Waals surface area contributed by atoms with Gasteiger partial charge in [0, 0.05) is 23.1 Å². The second-order valence-electron chi connectivity index (χ2n) is 6.07. The molecule has 2 N–H and O–H groups in total. The number of nitrogens with one attached hydrogen (secondary N) is 1. The Labute approximate surface area is 166 Å². The van der Waals surface area contributed by atoms with Crippen LogP contribution in [0.25, 0.3) is 6.08 Å². The van der Waals surface area contributed by atoms with Crippen molar-refractivity contribution in [2.45, 2.75) is 19.9 Å². The molecule has 1 aromatic carbocycles. The van der Waals surface area contributed by atoms with Crippen LogP contribution in [0.2, 0.25) is 0 Å². The van der Waals surface area contributed by atoms with Crippen LogP contribution in [0.3, 0.4) is 0 Å². The van der Waals surface area contributed by atoms with Gasteiger partial charge < -0.3 is 20.1 Å². The quantitative estimate of drug-likeness (QED) is 0.769. The molecule has 1 aromatic heterocycles. The van der Waals surface area contributed by atoms with E-state index in [1.54, 1.807) is 30.0 Å². The first-order valence-corrected chi connectivity index (χ1v) is 9.58. The fourth-order valence-electron chi connectivity index (χ4n) is 2.93. The SMILES string of the molecule is CCOC(=O)N1CCc2c(sc(NC(=O)/C=C/c3ccccc3O)c2C#N)C1. The van der Waals surface area contributed by atoms with E-state index >= 15 is 0 Å². The highest BCUT2D eigenvalue weighted by molar-refractivity contribution is 7.16. The van der Waals surface area contributed by atoms with Gasteiger partial charge in [-0.2, -0.15) is 5.26 Å². The van der Waals surface area contributed by atoms with Crippen LogP contribution in [-0.2, 0) is 22.5 Å². The van der Waals surface area contributed by atoms with Crippen LogP contribution in [-0.4, -0.2) is 35.2 Å². The summed E-state index contributed by atoms with van der Waals surface area (Å²) in [6.07, 6.45) is 2.97. The van der Waals surface area contributed by atoms with Crippen molar-refractivity contribution in [1.82, 2.24) is 4.90 Å². The van der Waals surface area contributed by atoms with E-state index in [1.807, 2.05) is 0 Å². The van der Waals surface area contributed by atoms with Gasteiger partial charge in [0.2, 0.25) is 5.91 Å². The summed E-state index contributed by atoms with van der Waals surface area (Å²) >= 11 is 1.29. The van der Waals surface area contributed by atoms with Crippen molar-refractivity contribution < 1.29 is 19.4 Å². The van der Waals surface area contributed by atoms with Gasteiger partial charge in [0.1, 0.15) is 16.8 Å². The minimum atomic E-state index is -0.402. The smallest absolute Gasteiger partial charge is 0.410 e. The van der Waals surface area contributed by atoms with Gasteiger partial charge in [-0.15, -0.1) is 11.3 Å². The number of benzene rings is 1. The minimum Gasteiger partial charge on any atom is -0.507 e. The largest absolute Gasteiger partial charge is 0.507 e. The van der Waals surface area contributed by atoms with Crippen LogP contribution in [0, 0.1) is 11.3 Å². The molecule has 2 amide bonds. The number of amides is 2. The zero-order chi connectivity index (χ0) is 20.1. The van der Waals surface area contributed by atoms with E-state index in [-0.39, 0.29) is 11.8 Å². The zero-order valence-corrected chi connectivity index (χ0v) is 16.1. The zero-order valence-electron chi connectivity index (χ0n) is 15.3. The summed E-state index contributed by atoms with van der Waals surface area (Å²) < 4.78 is 5.04. The Morgan fingerprint density at radius 2 is 2.21 bits per heavy atom. The molecule has 0 radical (unpaired) electrons. The lowest BCUT2D eigenvalue weighted by Crippen LogP contribution is -2.35. The Morgan fingerprint density at radius 1 is 1.43 bits per heavy atom. The minimum absolute atomic E-state index is 0.0786. The number of ether oxygens (including phenoxy) is 1. The molecule has 144 valence electrons. The van der Waals surface area contributed by atoms with E-state index in [0.717, 1.165) is 10.4 Å². The highest BCUT2D eigenvalue weighted by Crippen LogP contribution is 2.36. The molecular weight excluding hydrogens is 378 g/mol. The summed E-state index contributed by atoms with van der Waals surface area (Å²) in [6.45, 7) is 2.89. The molecule has 1 aliphatic rings. The Hall–Kier alpha value is -3.31. The third-order valence-corrected chi connectivity index (χ3v) is 5.41. The Kier molecular flexibility index (Phi) is 5.96. The first-order valence-electron chi connectivity index (χ1n) is 8.76. The number of carbonyl (C=O) groups excluding carboxylic acids is 2. The molecule has 0 unspecified atom stereocenters. The molecule has 0 fully saturated rings. The topological polar surface area (TPSA) is 103 Å². The van der Waals surface area contributed by atoms with Crippen molar-refractivity contribution in [2.75, 3.05) is 18.5 Å². The molecule has 1 aliphatic heterocycles. The first-order chi connectivity index (χ1) is 13.5. The number of nitriles is 1. The van der Waals surface area contributed by atoms with E-state index in [1.165, 1.54) is 29.6 Å². The molecule has 0 spiro atoms. The van der Waals surface area contributed by atoms with E-state index in [0.29, 0.717) is 42.2 Å². The van der Waals surface area contributed by atoms with E-state index in [4.69, 9.17) is 4.74 Å². The van der Waals surface area contributed by atoms with E-state index < -0.39 is 5.91 Å². The van der Waals surface area contributed by atoms with Gasteiger partial charge in [0.05, 0.1) is 18.7 Å². The third-order valence-electron chi connectivity index (χ3n) is 4.28. The highest BCUT2D eigenvalue weighted by atomic mass is 32.1. The molecular formula is C20H19N3O4S. The van der Waals surface area contributed by atoms with Gasteiger partial charge in [-0.1, -0.05) is 18.2 Å².